The fraction of sp³-hybridized carbons (Fsp3) is 0.667. The van der Waals surface area contributed by atoms with Crippen molar-refractivity contribution in [2.24, 2.45) is 0 Å². The number of aliphatic hydroxyl groups excluding tert-OH is 1. The van der Waals surface area contributed by atoms with E-state index in [-0.39, 0.29) is 17.5 Å². The molecular weight excluding hydrogens is 284 g/mol. The molecule has 0 aliphatic heterocycles. The van der Waals surface area contributed by atoms with Gasteiger partial charge in [0.15, 0.2) is 0 Å². The number of rotatable bonds is 8. The third kappa shape index (κ3) is 4.52. The van der Waals surface area contributed by atoms with Gasteiger partial charge in [0.25, 0.3) is 0 Å². The predicted molar refractivity (Wildman–Crippen MR) is 78.8 cm³/mol. The van der Waals surface area contributed by atoms with E-state index < -0.39 is 10.0 Å². The standard InChI is InChI=1S/C12H22N2O3S2/c1-4-5-14-7-12(6-11(14)8-15)19(16,17)13-10(2)9-18-3/h6-7,10,13,15H,4-5,8-9H2,1-3H3. The van der Waals surface area contributed by atoms with Gasteiger partial charge in [-0.3, -0.25) is 0 Å². The molecule has 0 aromatic carbocycles. The highest BCUT2D eigenvalue weighted by molar-refractivity contribution is 7.98. The molecule has 110 valence electrons. The maximum absolute atomic E-state index is 12.2. The molecule has 0 fully saturated rings. The molecule has 1 atom stereocenters. The summed E-state index contributed by atoms with van der Waals surface area (Å²) in [6, 6.07) is 1.41. The van der Waals surface area contributed by atoms with Crippen LogP contribution in [0.4, 0.5) is 0 Å². The minimum atomic E-state index is -3.51. The number of aryl methyl sites for hydroxylation is 1. The maximum atomic E-state index is 12.2. The number of nitrogens with zero attached hydrogens (tertiary/aromatic N) is 1. The maximum Gasteiger partial charge on any atom is 0.242 e. The lowest BCUT2D eigenvalue weighted by atomic mass is 10.4. The van der Waals surface area contributed by atoms with E-state index in [1.54, 1.807) is 22.5 Å². The Morgan fingerprint density at radius 1 is 1.53 bits per heavy atom. The highest BCUT2D eigenvalue weighted by Crippen LogP contribution is 2.16. The Bertz CT molecular complexity index is 497. The molecule has 1 aromatic rings. The van der Waals surface area contributed by atoms with Crippen molar-refractivity contribution in [1.29, 1.82) is 0 Å². The summed E-state index contributed by atoms with van der Waals surface area (Å²) < 4.78 is 28.8. The molecule has 0 radical (unpaired) electrons. The summed E-state index contributed by atoms with van der Waals surface area (Å²) >= 11 is 1.59. The van der Waals surface area contributed by atoms with Crippen LogP contribution in [0.3, 0.4) is 0 Å². The van der Waals surface area contributed by atoms with Crippen LogP contribution in [0.5, 0.6) is 0 Å². The van der Waals surface area contributed by atoms with Crippen LogP contribution in [0.15, 0.2) is 17.2 Å². The number of thioether (sulfide) groups is 1. The van der Waals surface area contributed by atoms with Crippen molar-refractivity contribution in [3.05, 3.63) is 18.0 Å². The van der Waals surface area contributed by atoms with E-state index in [4.69, 9.17) is 0 Å². The molecule has 0 bridgehead atoms. The molecular formula is C12H22N2O3S2. The van der Waals surface area contributed by atoms with Crippen LogP contribution in [-0.4, -0.2) is 36.1 Å². The number of aliphatic hydroxyl groups is 1. The number of sulfonamides is 1. The summed E-state index contributed by atoms with van der Waals surface area (Å²) in [6.07, 6.45) is 4.41. The molecule has 1 unspecified atom stereocenters. The Balaban J connectivity index is 2.95. The van der Waals surface area contributed by atoms with E-state index in [2.05, 4.69) is 4.72 Å². The number of aromatic nitrogens is 1. The fourth-order valence-electron chi connectivity index (χ4n) is 1.87. The van der Waals surface area contributed by atoms with Crippen LogP contribution in [0.25, 0.3) is 0 Å². The van der Waals surface area contributed by atoms with E-state index in [1.165, 1.54) is 6.07 Å². The third-order valence-corrected chi connectivity index (χ3v) is 5.06. The summed E-state index contributed by atoms with van der Waals surface area (Å²) in [7, 11) is -3.51. The van der Waals surface area contributed by atoms with Gasteiger partial charge in [0, 0.05) is 30.2 Å². The molecule has 2 N–H and O–H groups in total. The van der Waals surface area contributed by atoms with Gasteiger partial charge >= 0.3 is 0 Å². The zero-order valence-electron chi connectivity index (χ0n) is 11.6. The van der Waals surface area contributed by atoms with E-state index in [0.717, 1.165) is 12.2 Å². The molecule has 7 heteroatoms. The van der Waals surface area contributed by atoms with Crippen LogP contribution >= 0.6 is 11.8 Å². The van der Waals surface area contributed by atoms with Crippen LogP contribution in [0.2, 0.25) is 0 Å². The van der Waals surface area contributed by atoms with Crippen molar-refractivity contribution in [1.82, 2.24) is 9.29 Å². The van der Waals surface area contributed by atoms with Gasteiger partial charge in [-0.25, -0.2) is 13.1 Å². The van der Waals surface area contributed by atoms with Gasteiger partial charge in [0.05, 0.1) is 11.5 Å². The van der Waals surface area contributed by atoms with Crippen LogP contribution in [0.1, 0.15) is 26.0 Å². The van der Waals surface area contributed by atoms with Crippen molar-refractivity contribution in [3.63, 3.8) is 0 Å². The average Bonchev–Trinajstić information content (AvgIpc) is 2.73. The lowest BCUT2D eigenvalue weighted by Crippen LogP contribution is -2.34. The zero-order chi connectivity index (χ0) is 14.5. The number of hydrogen-bond acceptors (Lipinski definition) is 4. The summed E-state index contributed by atoms with van der Waals surface area (Å²) in [5.74, 6) is 0.724. The van der Waals surface area contributed by atoms with E-state index in [1.807, 2.05) is 20.1 Å². The minimum Gasteiger partial charge on any atom is -0.390 e. The molecule has 0 spiro atoms. The summed E-state index contributed by atoms with van der Waals surface area (Å²) in [5.41, 5.74) is 0.625. The summed E-state index contributed by atoms with van der Waals surface area (Å²) in [4.78, 5) is 0.220. The van der Waals surface area contributed by atoms with Crippen molar-refractivity contribution in [2.75, 3.05) is 12.0 Å². The minimum absolute atomic E-state index is 0.118. The first-order chi connectivity index (χ1) is 8.94. The smallest absolute Gasteiger partial charge is 0.242 e. The number of nitrogens with one attached hydrogen (secondary N) is 1. The Labute approximate surface area is 119 Å². The van der Waals surface area contributed by atoms with Gasteiger partial charge in [0.1, 0.15) is 0 Å². The van der Waals surface area contributed by atoms with Gasteiger partial charge in [-0.15, -0.1) is 0 Å². The van der Waals surface area contributed by atoms with Gasteiger partial charge in [-0.05, 0) is 25.7 Å². The SMILES string of the molecule is CCCn1cc(S(=O)(=O)NC(C)CSC)cc1CO. The van der Waals surface area contributed by atoms with E-state index in [0.29, 0.717) is 12.2 Å². The molecule has 1 aromatic heterocycles. The molecule has 0 saturated heterocycles. The third-order valence-electron chi connectivity index (χ3n) is 2.67. The van der Waals surface area contributed by atoms with Crippen molar-refractivity contribution < 1.29 is 13.5 Å². The van der Waals surface area contributed by atoms with Gasteiger partial charge < -0.3 is 9.67 Å². The van der Waals surface area contributed by atoms with Crippen LogP contribution in [-0.2, 0) is 23.2 Å². The molecule has 5 nitrogen and oxygen atoms in total. The van der Waals surface area contributed by atoms with Gasteiger partial charge in [-0.1, -0.05) is 6.92 Å². The Morgan fingerprint density at radius 3 is 2.74 bits per heavy atom. The fourth-order valence-corrected chi connectivity index (χ4v) is 3.87. The second-order valence-corrected chi connectivity index (χ2v) is 7.12. The second kappa shape index (κ2) is 7.33. The molecule has 0 aliphatic rings. The Hall–Kier alpha value is -0.500. The van der Waals surface area contributed by atoms with Gasteiger partial charge in [-0.2, -0.15) is 11.8 Å². The topological polar surface area (TPSA) is 71.3 Å². The monoisotopic (exact) mass is 306 g/mol. The normalized spacial score (nSPS) is 13.7. The highest BCUT2D eigenvalue weighted by atomic mass is 32.2. The first-order valence-corrected chi connectivity index (χ1v) is 9.13. The Morgan fingerprint density at radius 2 is 2.21 bits per heavy atom. The largest absolute Gasteiger partial charge is 0.390 e. The second-order valence-electron chi connectivity index (χ2n) is 4.50. The Kier molecular flexibility index (Phi) is 6.38. The molecule has 0 aliphatic carbocycles. The molecule has 19 heavy (non-hydrogen) atoms. The number of hydrogen-bond donors (Lipinski definition) is 2. The van der Waals surface area contributed by atoms with Gasteiger partial charge in [0.2, 0.25) is 10.0 Å². The zero-order valence-corrected chi connectivity index (χ0v) is 13.2. The highest BCUT2D eigenvalue weighted by Gasteiger charge is 2.20. The van der Waals surface area contributed by atoms with Crippen LogP contribution < -0.4 is 4.72 Å². The first kappa shape index (κ1) is 16.6. The quantitative estimate of drug-likeness (QED) is 0.762. The average molecular weight is 306 g/mol. The molecule has 0 amide bonds. The predicted octanol–water partition coefficient (Wildman–Crippen LogP) is 1.42. The summed E-state index contributed by atoms with van der Waals surface area (Å²) in [6.45, 7) is 4.39. The molecule has 1 heterocycles. The van der Waals surface area contributed by atoms with E-state index in [9.17, 15) is 13.5 Å². The molecule has 0 saturated carbocycles. The summed E-state index contributed by atoms with van der Waals surface area (Å²) in [5, 5.41) is 9.25. The van der Waals surface area contributed by atoms with Crippen LogP contribution in [0, 0.1) is 0 Å². The molecule has 1 rings (SSSR count). The lowest BCUT2D eigenvalue weighted by molar-refractivity contribution is 0.270. The first-order valence-electron chi connectivity index (χ1n) is 6.25. The van der Waals surface area contributed by atoms with Crippen molar-refractivity contribution in [2.45, 2.75) is 44.4 Å². The lowest BCUT2D eigenvalue weighted by Gasteiger charge is -2.11. The van der Waals surface area contributed by atoms with Crippen molar-refractivity contribution in [3.8, 4) is 0 Å². The van der Waals surface area contributed by atoms with E-state index >= 15 is 0 Å². The van der Waals surface area contributed by atoms with Crippen molar-refractivity contribution >= 4 is 21.8 Å².